The summed E-state index contributed by atoms with van der Waals surface area (Å²) in [6, 6.07) is 16.0. The number of H-pyrrole nitrogens is 1. The van der Waals surface area contributed by atoms with Gasteiger partial charge in [0, 0.05) is 28.2 Å². The van der Waals surface area contributed by atoms with Gasteiger partial charge in [-0.1, -0.05) is 29.4 Å². The standard InChI is InChI=1S/C22H23N3O3/c1-13-11-20(25-28-13)24-22(15-9-10-18(26-3)19(12-15)27-4)21-14(2)23-17-8-6-5-7-16(17)21/h5-12,22-23H,1-4H3,(H,24,25)/t22-/m1/s1. The minimum atomic E-state index is -0.152. The van der Waals surface area contributed by atoms with Gasteiger partial charge in [0.25, 0.3) is 0 Å². The Morgan fingerprint density at radius 2 is 1.79 bits per heavy atom. The van der Waals surface area contributed by atoms with Gasteiger partial charge >= 0.3 is 0 Å². The molecule has 0 saturated carbocycles. The third kappa shape index (κ3) is 3.17. The molecule has 6 heteroatoms. The number of nitrogens with zero attached hydrogens (tertiary/aromatic N) is 1. The van der Waals surface area contributed by atoms with Crippen molar-refractivity contribution in [3.05, 3.63) is 71.1 Å². The van der Waals surface area contributed by atoms with E-state index in [9.17, 15) is 0 Å². The quantitative estimate of drug-likeness (QED) is 0.495. The zero-order chi connectivity index (χ0) is 19.7. The molecule has 144 valence electrons. The number of methoxy groups -OCH3 is 2. The lowest BCUT2D eigenvalue weighted by atomic mass is 9.95. The Hall–Kier alpha value is -3.41. The third-order valence-electron chi connectivity index (χ3n) is 4.89. The number of hydrogen-bond donors (Lipinski definition) is 2. The predicted octanol–water partition coefficient (Wildman–Crippen LogP) is 4.99. The topological polar surface area (TPSA) is 72.3 Å². The number of rotatable bonds is 6. The van der Waals surface area contributed by atoms with E-state index >= 15 is 0 Å². The number of aryl methyl sites for hydroxylation is 2. The second-order valence-electron chi connectivity index (χ2n) is 6.72. The van der Waals surface area contributed by atoms with Crippen LogP contribution in [0.25, 0.3) is 10.9 Å². The Bertz CT molecular complexity index is 1110. The fraction of sp³-hybridized carbons (Fsp3) is 0.227. The van der Waals surface area contributed by atoms with Gasteiger partial charge in [0.1, 0.15) is 5.76 Å². The van der Waals surface area contributed by atoms with E-state index in [2.05, 4.69) is 34.5 Å². The Labute approximate surface area is 163 Å². The molecular weight excluding hydrogens is 354 g/mol. The highest BCUT2D eigenvalue weighted by Gasteiger charge is 2.23. The molecule has 2 aromatic carbocycles. The number of para-hydroxylation sites is 1. The van der Waals surface area contributed by atoms with Crippen LogP contribution in [-0.4, -0.2) is 24.4 Å². The minimum absolute atomic E-state index is 0.152. The molecular formula is C22H23N3O3. The summed E-state index contributed by atoms with van der Waals surface area (Å²) in [6.07, 6.45) is 0. The molecule has 2 aromatic heterocycles. The normalized spacial score (nSPS) is 12.1. The molecule has 6 nitrogen and oxygen atoms in total. The van der Waals surface area contributed by atoms with Crippen LogP contribution in [0.4, 0.5) is 5.82 Å². The number of hydrogen-bond acceptors (Lipinski definition) is 5. The maximum atomic E-state index is 5.52. The van der Waals surface area contributed by atoms with Crippen LogP contribution < -0.4 is 14.8 Å². The number of aromatic nitrogens is 2. The molecule has 0 saturated heterocycles. The first-order valence-electron chi connectivity index (χ1n) is 9.09. The molecule has 2 N–H and O–H groups in total. The van der Waals surface area contributed by atoms with Crippen molar-refractivity contribution in [2.75, 3.05) is 19.5 Å². The maximum absolute atomic E-state index is 5.52. The summed E-state index contributed by atoms with van der Waals surface area (Å²) in [7, 11) is 3.28. The molecule has 28 heavy (non-hydrogen) atoms. The highest BCUT2D eigenvalue weighted by molar-refractivity contribution is 5.86. The first-order valence-corrected chi connectivity index (χ1v) is 9.09. The summed E-state index contributed by atoms with van der Waals surface area (Å²) in [5, 5.41) is 8.80. The van der Waals surface area contributed by atoms with Crippen LogP contribution in [0.3, 0.4) is 0 Å². The molecule has 0 radical (unpaired) electrons. The van der Waals surface area contributed by atoms with Crippen molar-refractivity contribution in [2.45, 2.75) is 19.9 Å². The molecule has 0 aliphatic carbocycles. The third-order valence-corrected chi connectivity index (χ3v) is 4.89. The van der Waals surface area contributed by atoms with Crippen molar-refractivity contribution >= 4 is 16.7 Å². The van der Waals surface area contributed by atoms with Gasteiger partial charge in [-0.15, -0.1) is 0 Å². The smallest absolute Gasteiger partial charge is 0.170 e. The number of ether oxygens (including phenoxy) is 2. The zero-order valence-electron chi connectivity index (χ0n) is 16.4. The lowest BCUT2D eigenvalue weighted by molar-refractivity contribution is 0.354. The van der Waals surface area contributed by atoms with Gasteiger partial charge in [0.2, 0.25) is 0 Å². The minimum Gasteiger partial charge on any atom is -0.493 e. The lowest BCUT2D eigenvalue weighted by Crippen LogP contribution is -2.14. The fourth-order valence-corrected chi connectivity index (χ4v) is 3.61. The molecule has 0 spiro atoms. The summed E-state index contributed by atoms with van der Waals surface area (Å²) < 4.78 is 16.2. The van der Waals surface area contributed by atoms with E-state index in [4.69, 9.17) is 14.0 Å². The SMILES string of the molecule is COc1ccc([C@@H](Nc2cc(C)on2)c2c(C)[nH]c3ccccc23)cc1OC. The van der Waals surface area contributed by atoms with Crippen LogP contribution in [0, 0.1) is 13.8 Å². The number of benzene rings is 2. The van der Waals surface area contributed by atoms with E-state index < -0.39 is 0 Å². The lowest BCUT2D eigenvalue weighted by Gasteiger charge is -2.21. The van der Waals surface area contributed by atoms with Crippen LogP contribution in [0.1, 0.15) is 28.6 Å². The van der Waals surface area contributed by atoms with E-state index in [1.54, 1.807) is 14.2 Å². The van der Waals surface area contributed by atoms with Crippen molar-refractivity contribution in [3.8, 4) is 11.5 Å². The summed E-state index contributed by atoms with van der Waals surface area (Å²) in [5.74, 6) is 2.81. The van der Waals surface area contributed by atoms with Gasteiger partial charge in [-0.05, 0) is 37.6 Å². The van der Waals surface area contributed by atoms with Gasteiger partial charge in [-0.3, -0.25) is 0 Å². The number of nitrogens with one attached hydrogen (secondary N) is 2. The first kappa shape index (κ1) is 18.0. The van der Waals surface area contributed by atoms with Crippen molar-refractivity contribution in [1.82, 2.24) is 10.1 Å². The van der Waals surface area contributed by atoms with Crippen molar-refractivity contribution in [2.24, 2.45) is 0 Å². The summed E-state index contributed by atoms with van der Waals surface area (Å²) in [5.41, 5.74) is 4.38. The first-order chi connectivity index (χ1) is 13.6. The molecule has 0 amide bonds. The van der Waals surface area contributed by atoms with Crippen LogP contribution in [0.15, 0.2) is 53.1 Å². The summed E-state index contributed by atoms with van der Waals surface area (Å²) in [4.78, 5) is 3.48. The number of anilines is 1. The number of aromatic amines is 1. The maximum Gasteiger partial charge on any atom is 0.170 e. The average molecular weight is 377 g/mol. The summed E-state index contributed by atoms with van der Waals surface area (Å²) in [6.45, 7) is 3.96. The van der Waals surface area contributed by atoms with Crippen molar-refractivity contribution < 1.29 is 14.0 Å². The van der Waals surface area contributed by atoms with Gasteiger partial charge in [0.05, 0.1) is 20.3 Å². The Balaban J connectivity index is 1.88. The van der Waals surface area contributed by atoms with Gasteiger partial charge in [0.15, 0.2) is 17.3 Å². The van der Waals surface area contributed by atoms with Crippen molar-refractivity contribution in [3.63, 3.8) is 0 Å². The second kappa shape index (κ2) is 7.31. The molecule has 2 heterocycles. The molecule has 0 fully saturated rings. The van der Waals surface area contributed by atoms with Crippen LogP contribution >= 0.6 is 0 Å². The molecule has 4 aromatic rings. The van der Waals surface area contributed by atoms with Crippen LogP contribution in [0.2, 0.25) is 0 Å². The van der Waals surface area contributed by atoms with Crippen LogP contribution in [-0.2, 0) is 0 Å². The fourth-order valence-electron chi connectivity index (χ4n) is 3.61. The Kier molecular flexibility index (Phi) is 4.69. The monoisotopic (exact) mass is 377 g/mol. The Morgan fingerprint density at radius 3 is 2.50 bits per heavy atom. The van der Waals surface area contributed by atoms with E-state index in [0.29, 0.717) is 17.3 Å². The molecule has 4 rings (SSSR count). The van der Waals surface area contributed by atoms with E-state index in [0.717, 1.165) is 33.5 Å². The molecule has 0 aliphatic heterocycles. The highest BCUT2D eigenvalue weighted by atomic mass is 16.5. The molecule has 0 bridgehead atoms. The zero-order valence-corrected chi connectivity index (χ0v) is 16.4. The second-order valence-corrected chi connectivity index (χ2v) is 6.72. The van der Waals surface area contributed by atoms with E-state index in [-0.39, 0.29) is 6.04 Å². The van der Waals surface area contributed by atoms with Crippen molar-refractivity contribution in [1.29, 1.82) is 0 Å². The summed E-state index contributed by atoms with van der Waals surface area (Å²) >= 11 is 0. The van der Waals surface area contributed by atoms with E-state index in [1.807, 2.05) is 43.3 Å². The highest BCUT2D eigenvalue weighted by Crippen LogP contribution is 2.37. The molecule has 1 atom stereocenters. The number of fused-ring (bicyclic) bond motifs is 1. The van der Waals surface area contributed by atoms with Gasteiger partial charge < -0.3 is 24.3 Å². The largest absolute Gasteiger partial charge is 0.493 e. The molecule has 0 unspecified atom stereocenters. The van der Waals surface area contributed by atoms with Crippen LogP contribution in [0.5, 0.6) is 11.5 Å². The Morgan fingerprint density at radius 1 is 1.00 bits per heavy atom. The van der Waals surface area contributed by atoms with Gasteiger partial charge in [-0.25, -0.2) is 0 Å². The van der Waals surface area contributed by atoms with Gasteiger partial charge in [-0.2, -0.15) is 0 Å². The average Bonchev–Trinajstić information content (AvgIpc) is 3.27. The van der Waals surface area contributed by atoms with E-state index in [1.165, 1.54) is 0 Å². The molecule has 0 aliphatic rings. The predicted molar refractivity (Wildman–Crippen MR) is 109 cm³/mol.